The third-order valence-corrected chi connectivity index (χ3v) is 3.82. The lowest BCUT2D eigenvalue weighted by Crippen LogP contribution is -2.28. The Balaban J connectivity index is 2.10. The van der Waals surface area contributed by atoms with E-state index >= 15 is 0 Å². The van der Waals surface area contributed by atoms with Gasteiger partial charge in [0.15, 0.2) is 0 Å². The first-order valence-electron chi connectivity index (χ1n) is 6.37. The molecule has 0 amide bonds. The molecule has 0 saturated carbocycles. The average Bonchev–Trinajstić information content (AvgIpc) is 2.70. The van der Waals surface area contributed by atoms with Gasteiger partial charge in [0.2, 0.25) is 0 Å². The second kappa shape index (κ2) is 4.21. The van der Waals surface area contributed by atoms with Gasteiger partial charge in [0.05, 0.1) is 23.1 Å². The molecule has 2 aromatic heterocycles. The fourth-order valence-electron chi connectivity index (χ4n) is 2.63. The molecule has 1 aliphatic heterocycles. The van der Waals surface area contributed by atoms with Gasteiger partial charge in [-0.1, -0.05) is 6.92 Å². The van der Waals surface area contributed by atoms with Crippen molar-refractivity contribution in [3.63, 3.8) is 0 Å². The van der Waals surface area contributed by atoms with Gasteiger partial charge in [-0.2, -0.15) is 0 Å². The minimum absolute atomic E-state index is 0.248. The monoisotopic (exact) mass is 242 g/mol. The van der Waals surface area contributed by atoms with Gasteiger partial charge in [0.1, 0.15) is 0 Å². The summed E-state index contributed by atoms with van der Waals surface area (Å²) in [5.74, 6) is 0.526. The molecule has 1 aliphatic rings. The predicted octanol–water partition coefficient (Wildman–Crippen LogP) is 1.72. The van der Waals surface area contributed by atoms with Gasteiger partial charge < -0.3 is 10.6 Å². The smallest absolute Gasteiger partial charge is 0.0935 e. The Bertz CT molecular complexity index is 571. The summed E-state index contributed by atoms with van der Waals surface area (Å²) in [6.07, 6.45) is 3.77. The highest BCUT2D eigenvalue weighted by Gasteiger charge is 2.27. The van der Waals surface area contributed by atoms with E-state index < -0.39 is 0 Å². The van der Waals surface area contributed by atoms with Crippen LogP contribution in [0, 0.1) is 12.8 Å². The zero-order valence-corrected chi connectivity index (χ0v) is 10.8. The number of aromatic nitrogens is 2. The summed E-state index contributed by atoms with van der Waals surface area (Å²) in [5.41, 5.74) is 9.22. The summed E-state index contributed by atoms with van der Waals surface area (Å²) in [6.45, 7) is 6.09. The topological polar surface area (TPSA) is 55.0 Å². The van der Waals surface area contributed by atoms with Gasteiger partial charge in [-0.15, -0.1) is 0 Å². The summed E-state index contributed by atoms with van der Waals surface area (Å²) >= 11 is 0. The van der Waals surface area contributed by atoms with Crippen molar-refractivity contribution in [2.45, 2.75) is 19.9 Å². The zero-order valence-electron chi connectivity index (χ0n) is 10.8. The number of aryl methyl sites for hydroxylation is 1. The molecule has 0 unspecified atom stereocenters. The van der Waals surface area contributed by atoms with Crippen LogP contribution in [-0.2, 0) is 0 Å². The first kappa shape index (κ1) is 11.4. The van der Waals surface area contributed by atoms with Crippen LogP contribution in [-0.4, -0.2) is 29.1 Å². The molecule has 0 aliphatic carbocycles. The fraction of sp³-hybridized carbons (Fsp3) is 0.429. The maximum absolute atomic E-state index is 6.10. The van der Waals surface area contributed by atoms with Gasteiger partial charge >= 0.3 is 0 Å². The van der Waals surface area contributed by atoms with E-state index in [9.17, 15) is 0 Å². The maximum atomic E-state index is 6.10. The Hall–Kier alpha value is -1.68. The SMILES string of the molecule is Cc1ncc(N2C[C@@H](C)[C@@H](N)C2)c2cccnc12. The van der Waals surface area contributed by atoms with Crippen molar-refractivity contribution >= 4 is 16.6 Å². The lowest BCUT2D eigenvalue weighted by Gasteiger charge is -2.20. The quantitative estimate of drug-likeness (QED) is 0.827. The molecule has 0 spiro atoms. The first-order valence-corrected chi connectivity index (χ1v) is 6.37. The number of nitrogens with zero attached hydrogens (tertiary/aromatic N) is 3. The molecule has 3 heterocycles. The Morgan fingerprint density at radius 3 is 2.89 bits per heavy atom. The van der Waals surface area contributed by atoms with E-state index in [1.165, 1.54) is 5.39 Å². The molecule has 2 atom stereocenters. The maximum Gasteiger partial charge on any atom is 0.0935 e. The number of hydrogen-bond donors (Lipinski definition) is 1. The summed E-state index contributed by atoms with van der Waals surface area (Å²) in [6, 6.07) is 4.34. The van der Waals surface area contributed by atoms with E-state index in [1.54, 1.807) is 0 Å². The predicted molar refractivity (Wildman–Crippen MR) is 73.6 cm³/mol. The van der Waals surface area contributed by atoms with Crippen molar-refractivity contribution in [2.75, 3.05) is 18.0 Å². The highest BCUT2D eigenvalue weighted by atomic mass is 15.2. The van der Waals surface area contributed by atoms with Gasteiger partial charge in [0, 0.05) is 30.7 Å². The van der Waals surface area contributed by atoms with Gasteiger partial charge in [-0.25, -0.2) is 0 Å². The zero-order chi connectivity index (χ0) is 12.7. The largest absolute Gasteiger partial charge is 0.368 e. The van der Waals surface area contributed by atoms with E-state index in [-0.39, 0.29) is 6.04 Å². The van der Waals surface area contributed by atoms with Crippen LogP contribution in [0.4, 0.5) is 5.69 Å². The van der Waals surface area contributed by atoms with Crippen molar-refractivity contribution in [1.29, 1.82) is 0 Å². The van der Waals surface area contributed by atoms with Crippen LogP contribution in [0.2, 0.25) is 0 Å². The fourth-order valence-corrected chi connectivity index (χ4v) is 2.63. The number of rotatable bonds is 1. The molecule has 0 bridgehead atoms. The Labute approximate surface area is 107 Å². The number of nitrogens with two attached hydrogens (primary N) is 1. The number of pyridine rings is 2. The van der Waals surface area contributed by atoms with Gasteiger partial charge in [-0.05, 0) is 25.0 Å². The highest BCUT2D eigenvalue weighted by Crippen LogP contribution is 2.29. The van der Waals surface area contributed by atoms with Crippen LogP contribution in [0.3, 0.4) is 0 Å². The molecule has 4 heteroatoms. The van der Waals surface area contributed by atoms with Gasteiger partial charge in [0.25, 0.3) is 0 Å². The molecular formula is C14H18N4. The summed E-state index contributed by atoms with van der Waals surface area (Å²) in [4.78, 5) is 11.2. The van der Waals surface area contributed by atoms with Crippen LogP contribution in [0.5, 0.6) is 0 Å². The van der Waals surface area contributed by atoms with E-state index in [0.717, 1.165) is 30.0 Å². The summed E-state index contributed by atoms with van der Waals surface area (Å²) < 4.78 is 0. The summed E-state index contributed by atoms with van der Waals surface area (Å²) in [7, 11) is 0. The van der Waals surface area contributed by atoms with Crippen LogP contribution < -0.4 is 10.6 Å². The highest BCUT2D eigenvalue weighted by molar-refractivity contribution is 5.92. The minimum atomic E-state index is 0.248. The number of fused-ring (bicyclic) bond motifs is 1. The van der Waals surface area contributed by atoms with E-state index in [4.69, 9.17) is 5.73 Å². The molecule has 3 rings (SSSR count). The second-order valence-corrected chi connectivity index (χ2v) is 5.17. The standard InChI is InChI=1S/C14H18N4/c1-9-7-18(8-12(9)15)13-6-17-10(2)14-11(13)4-3-5-16-14/h3-6,9,12H,7-8,15H2,1-2H3/t9-,12+/m1/s1. The molecule has 0 aromatic carbocycles. The number of hydrogen-bond acceptors (Lipinski definition) is 4. The minimum Gasteiger partial charge on any atom is -0.368 e. The Morgan fingerprint density at radius 2 is 2.17 bits per heavy atom. The molecule has 2 N–H and O–H groups in total. The van der Waals surface area contributed by atoms with Crippen LogP contribution >= 0.6 is 0 Å². The molecule has 94 valence electrons. The number of anilines is 1. The molecule has 4 nitrogen and oxygen atoms in total. The molecule has 1 saturated heterocycles. The van der Waals surface area contributed by atoms with Crippen LogP contribution in [0.25, 0.3) is 10.9 Å². The van der Waals surface area contributed by atoms with Crippen molar-refractivity contribution < 1.29 is 0 Å². The first-order chi connectivity index (χ1) is 8.66. The molecular weight excluding hydrogens is 224 g/mol. The average molecular weight is 242 g/mol. The van der Waals surface area contributed by atoms with Crippen molar-refractivity contribution in [3.05, 3.63) is 30.2 Å². The lowest BCUT2D eigenvalue weighted by atomic mass is 10.1. The van der Waals surface area contributed by atoms with Crippen molar-refractivity contribution in [2.24, 2.45) is 11.7 Å². The van der Waals surface area contributed by atoms with E-state index in [0.29, 0.717) is 5.92 Å². The van der Waals surface area contributed by atoms with E-state index in [1.807, 2.05) is 25.4 Å². The van der Waals surface area contributed by atoms with Crippen LogP contribution in [0.15, 0.2) is 24.5 Å². The normalized spacial score (nSPS) is 23.8. The Kier molecular flexibility index (Phi) is 2.67. The molecule has 0 radical (unpaired) electrons. The van der Waals surface area contributed by atoms with Crippen molar-refractivity contribution in [1.82, 2.24) is 9.97 Å². The van der Waals surface area contributed by atoms with Crippen LogP contribution in [0.1, 0.15) is 12.6 Å². The van der Waals surface area contributed by atoms with Crippen molar-refractivity contribution in [3.8, 4) is 0 Å². The third-order valence-electron chi connectivity index (χ3n) is 3.82. The second-order valence-electron chi connectivity index (χ2n) is 5.17. The Morgan fingerprint density at radius 1 is 1.33 bits per heavy atom. The molecule has 1 fully saturated rings. The molecule has 18 heavy (non-hydrogen) atoms. The summed E-state index contributed by atoms with van der Waals surface area (Å²) in [5, 5.41) is 1.17. The lowest BCUT2D eigenvalue weighted by molar-refractivity contribution is 0.566. The molecule has 2 aromatic rings. The third kappa shape index (κ3) is 1.73. The van der Waals surface area contributed by atoms with Gasteiger partial charge in [-0.3, -0.25) is 9.97 Å². The van der Waals surface area contributed by atoms with E-state index in [2.05, 4.69) is 27.9 Å².